The molecular weight excluding hydrogens is 282 g/mol. The number of alkyl halides is 3. The Morgan fingerprint density at radius 2 is 2.00 bits per heavy atom. The number of nitrogens with zero attached hydrogens (tertiary/aromatic N) is 1. The maximum absolute atomic E-state index is 12.0. The first-order chi connectivity index (χ1) is 6.39. The molecule has 1 aromatic rings. The molecule has 0 aliphatic rings. The molecule has 1 rings (SSSR count). The first kappa shape index (κ1) is 11.5. The van der Waals surface area contributed by atoms with Crippen molar-refractivity contribution in [3.8, 4) is 0 Å². The number of hydrogen-bond acceptors (Lipinski definition) is 1. The standard InChI is InChI=1S/C8H4BrClF3N/c9-5-2-1-3-6(4-5)14-7(10)8(11,12)13/h1-4H. The molecule has 1 nitrogen and oxygen atoms in total. The second-order valence-corrected chi connectivity index (χ2v) is 3.65. The summed E-state index contributed by atoms with van der Waals surface area (Å²) in [6.45, 7) is 0. The minimum absolute atomic E-state index is 0.154. The van der Waals surface area contributed by atoms with Gasteiger partial charge in [0.1, 0.15) is 0 Å². The molecule has 0 spiro atoms. The number of benzene rings is 1. The van der Waals surface area contributed by atoms with Gasteiger partial charge in [0.15, 0.2) is 0 Å². The van der Waals surface area contributed by atoms with Gasteiger partial charge in [-0.15, -0.1) is 0 Å². The molecule has 76 valence electrons. The molecule has 0 N–H and O–H groups in total. The quantitative estimate of drug-likeness (QED) is 0.683. The highest BCUT2D eigenvalue weighted by atomic mass is 79.9. The van der Waals surface area contributed by atoms with Crippen LogP contribution in [0.4, 0.5) is 18.9 Å². The normalized spacial score (nSPS) is 13.1. The molecule has 0 heterocycles. The van der Waals surface area contributed by atoms with E-state index in [1.165, 1.54) is 12.1 Å². The van der Waals surface area contributed by atoms with Crippen molar-refractivity contribution in [1.29, 1.82) is 0 Å². The first-order valence-electron chi connectivity index (χ1n) is 3.46. The van der Waals surface area contributed by atoms with Crippen LogP contribution in [0.3, 0.4) is 0 Å². The third kappa shape index (κ3) is 3.31. The summed E-state index contributed by atoms with van der Waals surface area (Å²) in [5.41, 5.74) is 0.154. The molecule has 0 atom stereocenters. The molecule has 0 radical (unpaired) electrons. The average Bonchev–Trinajstić information content (AvgIpc) is 2.02. The Hall–Kier alpha value is -0.550. The summed E-state index contributed by atoms with van der Waals surface area (Å²) in [5.74, 6) is 0. The van der Waals surface area contributed by atoms with E-state index in [0.717, 1.165) is 0 Å². The zero-order valence-corrected chi connectivity index (χ0v) is 8.99. The molecule has 0 saturated carbocycles. The Balaban J connectivity index is 2.98. The maximum atomic E-state index is 12.0. The second kappa shape index (κ2) is 4.31. The lowest BCUT2D eigenvalue weighted by Crippen LogP contribution is -2.16. The smallest absolute Gasteiger partial charge is 0.232 e. The van der Waals surface area contributed by atoms with E-state index in [1.807, 2.05) is 0 Å². The molecule has 0 aliphatic heterocycles. The van der Waals surface area contributed by atoms with Crippen molar-refractivity contribution in [2.45, 2.75) is 6.18 Å². The van der Waals surface area contributed by atoms with Crippen LogP contribution in [0.25, 0.3) is 0 Å². The molecule has 0 fully saturated rings. The van der Waals surface area contributed by atoms with Gasteiger partial charge in [0.2, 0.25) is 5.17 Å². The summed E-state index contributed by atoms with van der Waals surface area (Å²) in [5, 5.41) is -1.38. The van der Waals surface area contributed by atoms with Crippen molar-refractivity contribution in [2.75, 3.05) is 0 Å². The summed E-state index contributed by atoms with van der Waals surface area (Å²) in [4.78, 5) is 3.22. The van der Waals surface area contributed by atoms with E-state index in [1.54, 1.807) is 12.1 Å². The number of halogens is 5. The highest BCUT2D eigenvalue weighted by Crippen LogP contribution is 2.25. The molecular formula is C8H4BrClF3N. The van der Waals surface area contributed by atoms with Gasteiger partial charge in [-0.05, 0) is 18.2 Å². The van der Waals surface area contributed by atoms with Crippen LogP contribution >= 0.6 is 27.5 Å². The Bertz CT molecular complexity index is 362. The zero-order valence-electron chi connectivity index (χ0n) is 6.65. The van der Waals surface area contributed by atoms with E-state index < -0.39 is 11.3 Å². The second-order valence-electron chi connectivity index (χ2n) is 2.38. The maximum Gasteiger partial charge on any atom is 0.444 e. The molecule has 0 aliphatic carbocycles. The third-order valence-corrected chi connectivity index (χ3v) is 2.06. The lowest BCUT2D eigenvalue weighted by atomic mass is 10.3. The van der Waals surface area contributed by atoms with Crippen molar-refractivity contribution in [3.63, 3.8) is 0 Å². The topological polar surface area (TPSA) is 12.4 Å². The van der Waals surface area contributed by atoms with E-state index in [2.05, 4.69) is 20.9 Å². The Morgan fingerprint density at radius 1 is 1.36 bits per heavy atom. The third-order valence-electron chi connectivity index (χ3n) is 1.27. The van der Waals surface area contributed by atoms with Gasteiger partial charge in [-0.2, -0.15) is 13.2 Å². The Morgan fingerprint density at radius 3 is 2.50 bits per heavy atom. The number of aliphatic imine (C=N–C) groups is 1. The van der Waals surface area contributed by atoms with E-state index >= 15 is 0 Å². The highest BCUT2D eigenvalue weighted by molar-refractivity contribution is 9.10. The first-order valence-corrected chi connectivity index (χ1v) is 4.63. The van der Waals surface area contributed by atoms with Crippen LogP contribution in [0.2, 0.25) is 0 Å². The fourth-order valence-electron chi connectivity index (χ4n) is 0.722. The molecule has 1 aromatic carbocycles. The molecule has 0 bridgehead atoms. The summed E-state index contributed by atoms with van der Waals surface area (Å²) < 4.78 is 36.5. The largest absolute Gasteiger partial charge is 0.444 e. The zero-order chi connectivity index (χ0) is 10.8. The van der Waals surface area contributed by atoms with E-state index in [0.29, 0.717) is 4.47 Å². The molecule has 0 aromatic heterocycles. The van der Waals surface area contributed by atoms with Crippen LogP contribution in [-0.4, -0.2) is 11.3 Å². The van der Waals surface area contributed by atoms with Gasteiger partial charge in [0, 0.05) is 4.47 Å². The van der Waals surface area contributed by atoms with Crippen LogP contribution in [0.5, 0.6) is 0 Å². The van der Waals surface area contributed by atoms with Gasteiger partial charge < -0.3 is 0 Å². The van der Waals surface area contributed by atoms with Crippen molar-refractivity contribution in [3.05, 3.63) is 28.7 Å². The van der Waals surface area contributed by atoms with Crippen molar-refractivity contribution >= 4 is 38.4 Å². The predicted octanol–water partition coefficient (Wildman–Crippen LogP) is 4.28. The minimum atomic E-state index is -4.59. The van der Waals surface area contributed by atoms with E-state index in [4.69, 9.17) is 11.6 Å². The van der Waals surface area contributed by atoms with Crippen molar-refractivity contribution in [2.24, 2.45) is 4.99 Å². The fraction of sp³-hybridized carbons (Fsp3) is 0.125. The summed E-state index contributed by atoms with van der Waals surface area (Å²) in [7, 11) is 0. The molecule has 0 unspecified atom stereocenters. The Kier molecular flexibility index (Phi) is 3.55. The lowest BCUT2D eigenvalue weighted by Gasteiger charge is -2.02. The van der Waals surface area contributed by atoms with E-state index in [9.17, 15) is 13.2 Å². The Labute approximate surface area is 91.7 Å². The number of rotatable bonds is 1. The summed E-state index contributed by atoms with van der Waals surface area (Å²) in [6, 6.07) is 6.12. The van der Waals surface area contributed by atoms with Crippen LogP contribution in [0.1, 0.15) is 0 Å². The summed E-state index contributed by atoms with van der Waals surface area (Å²) >= 11 is 8.06. The number of hydrogen-bond donors (Lipinski definition) is 0. The minimum Gasteiger partial charge on any atom is -0.232 e. The van der Waals surface area contributed by atoms with Gasteiger partial charge in [-0.25, -0.2) is 4.99 Å². The van der Waals surface area contributed by atoms with Crippen LogP contribution in [0.15, 0.2) is 33.7 Å². The van der Waals surface area contributed by atoms with Crippen molar-refractivity contribution in [1.82, 2.24) is 0 Å². The highest BCUT2D eigenvalue weighted by Gasteiger charge is 2.34. The molecule has 6 heteroatoms. The van der Waals surface area contributed by atoms with Gasteiger partial charge in [-0.3, -0.25) is 0 Å². The van der Waals surface area contributed by atoms with Crippen LogP contribution < -0.4 is 0 Å². The molecule has 0 amide bonds. The monoisotopic (exact) mass is 285 g/mol. The van der Waals surface area contributed by atoms with Crippen LogP contribution in [-0.2, 0) is 0 Å². The van der Waals surface area contributed by atoms with Gasteiger partial charge in [-0.1, -0.05) is 33.6 Å². The molecule has 14 heavy (non-hydrogen) atoms. The van der Waals surface area contributed by atoms with Crippen LogP contribution in [0, 0.1) is 0 Å². The molecule has 0 saturated heterocycles. The average molecular weight is 286 g/mol. The van der Waals surface area contributed by atoms with Gasteiger partial charge in [0.25, 0.3) is 0 Å². The van der Waals surface area contributed by atoms with Gasteiger partial charge >= 0.3 is 6.18 Å². The lowest BCUT2D eigenvalue weighted by molar-refractivity contribution is -0.0558. The predicted molar refractivity (Wildman–Crippen MR) is 53.1 cm³/mol. The van der Waals surface area contributed by atoms with Crippen molar-refractivity contribution < 1.29 is 13.2 Å². The van der Waals surface area contributed by atoms with E-state index in [-0.39, 0.29) is 5.69 Å². The SMILES string of the molecule is FC(F)(F)C(Cl)=Nc1cccc(Br)c1. The van der Waals surface area contributed by atoms with Gasteiger partial charge in [0.05, 0.1) is 5.69 Å². The summed E-state index contributed by atoms with van der Waals surface area (Å²) in [6.07, 6.45) is -4.59. The fourth-order valence-corrected chi connectivity index (χ4v) is 1.21.